The molecular formula is C13H20N4O4. The minimum Gasteiger partial charge on any atom is -0.456 e. The number of primary amides is 1. The molecule has 0 aliphatic rings. The summed E-state index contributed by atoms with van der Waals surface area (Å²) in [4.78, 5) is 34.3. The second kappa shape index (κ2) is 8.58. The van der Waals surface area contributed by atoms with Gasteiger partial charge in [0.1, 0.15) is 17.7 Å². The number of Topliss-reactive ketones (excluding diaryl/α,β-unsaturated/α-hetero) is 1. The molecule has 0 aromatic rings. The van der Waals surface area contributed by atoms with E-state index in [9.17, 15) is 14.4 Å². The van der Waals surface area contributed by atoms with Crippen molar-refractivity contribution in [2.45, 2.75) is 33.2 Å². The maximum absolute atomic E-state index is 11.8. The van der Waals surface area contributed by atoms with Crippen molar-refractivity contribution in [1.29, 1.82) is 5.26 Å². The summed E-state index contributed by atoms with van der Waals surface area (Å²) in [6.45, 7) is 4.48. The summed E-state index contributed by atoms with van der Waals surface area (Å²) in [6.07, 6.45) is 0.312. The summed E-state index contributed by atoms with van der Waals surface area (Å²) >= 11 is 0. The Hall–Kier alpha value is -2.56. The van der Waals surface area contributed by atoms with Crippen LogP contribution in [0, 0.1) is 17.2 Å². The van der Waals surface area contributed by atoms with E-state index >= 15 is 0 Å². The maximum atomic E-state index is 11.8. The number of hydrogen-bond acceptors (Lipinski definition) is 6. The molecule has 21 heavy (non-hydrogen) atoms. The van der Waals surface area contributed by atoms with E-state index < -0.39 is 30.4 Å². The molecule has 0 spiro atoms. The van der Waals surface area contributed by atoms with Crippen molar-refractivity contribution in [2.24, 2.45) is 17.4 Å². The number of urea groups is 1. The Morgan fingerprint density at radius 3 is 2.24 bits per heavy atom. The number of nitrogens with two attached hydrogens (primary N) is 2. The predicted molar refractivity (Wildman–Crippen MR) is 74.4 cm³/mol. The summed E-state index contributed by atoms with van der Waals surface area (Å²) in [6, 6.07) is -0.160. The van der Waals surface area contributed by atoms with Crippen molar-refractivity contribution in [2.75, 3.05) is 6.61 Å². The SMILES string of the molecule is C/C(N)=C(\C#N)C(=O)COC(=O)[C@@H](CC(C)C)NC(N)=O. The number of ketones is 1. The summed E-state index contributed by atoms with van der Waals surface area (Å²) in [5.74, 6) is -1.39. The first kappa shape index (κ1) is 18.4. The van der Waals surface area contributed by atoms with Gasteiger partial charge < -0.3 is 21.5 Å². The molecule has 0 radical (unpaired) electrons. The average molecular weight is 296 g/mol. The van der Waals surface area contributed by atoms with Gasteiger partial charge in [-0.15, -0.1) is 0 Å². The van der Waals surface area contributed by atoms with E-state index in [1.54, 1.807) is 6.07 Å². The second-order valence-corrected chi connectivity index (χ2v) is 4.89. The molecule has 0 aromatic heterocycles. The summed E-state index contributed by atoms with van der Waals surface area (Å²) in [7, 11) is 0. The topological polar surface area (TPSA) is 148 Å². The molecule has 0 saturated carbocycles. The Bertz CT molecular complexity index is 487. The highest BCUT2D eigenvalue weighted by Crippen LogP contribution is 2.07. The Kier molecular flexibility index (Phi) is 7.53. The maximum Gasteiger partial charge on any atom is 0.329 e. The average Bonchev–Trinajstić information content (AvgIpc) is 2.34. The van der Waals surface area contributed by atoms with Crippen LogP contribution < -0.4 is 16.8 Å². The molecule has 1 atom stereocenters. The summed E-state index contributed by atoms with van der Waals surface area (Å²) in [5.41, 5.74) is 10.1. The number of esters is 1. The van der Waals surface area contributed by atoms with Gasteiger partial charge in [0.2, 0.25) is 5.78 Å². The molecule has 8 heteroatoms. The number of rotatable bonds is 7. The van der Waals surface area contributed by atoms with Crippen LogP contribution in [0.4, 0.5) is 4.79 Å². The number of ether oxygens (including phenoxy) is 1. The van der Waals surface area contributed by atoms with E-state index in [4.69, 9.17) is 21.5 Å². The van der Waals surface area contributed by atoms with Gasteiger partial charge in [-0.2, -0.15) is 5.26 Å². The molecule has 116 valence electrons. The number of nitrogens with zero attached hydrogens (tertiary/aromatic N) is 1. The molecule has 0 unspecified atom stereocenters. The highest BCUT2D eigenvalue weighted by molar-refractivity contribution is 6.01. The van der Waals surface area contributed by atoms with Gasteiger partial charge in [-0.05, 0) is 19.3 Å². The Labute approximate surface area is 123 Å². The van der Waals surface area contributed by atoms with Crippen LogP contribution in [0.2, 0.25) is 0 Å². The number of amides is 2. The molecule has 0 aromatic carbocycles. The fourth-order valence-corrected chi connectivity index (χ4v) is 1.54. The van der Waals surface area contributed by atoms with Gasteiger partial charge in [-0.1, -0.05) is 13.8 Å². The van der Waals surface area contributed by atoms with E-state index in [1.807, 2.05) is 13.8 Å². The minimum atomic E-state index is -0.941. The Morgan fingerprint density at radius 1 is 1.29 bits per heavy atom. The van der Waals surface area contributed by atoms with Crippen LogP contribution in [0.5, 0.6) is 0 Å². The van der Waals surface area contributed by atoms with Gasteiger partial charge in [-0.3, -0.25) is 4.79 Å². The van der Waals surface area contributed by atoms with E-state index in [0.29, 0.717) is 6.42 Å². The molecule has 0 rings (SSSR count). The van der Waals surface area contributed by atoms with Gasteiger partial charge in [0.05, 0.1) is 0 Å². The van der Waals surface area contributed by atoms with Crippen molar-refractivity contribution in [3.05, 3.63) is 11.3 Å². The third kappa shape index (κ3) is 6.96. The molecule has 0 aliphatic heterocycles. The van der Waals surface area contributed by atoms with E-state index in [2.05, 4.69) is 5.32 Å². The third-order valence-electron chi connectivity index (χ3n) is 2.44. The Morgan fingerprint density at radius 2 is 1.86 bits per heavy atom. The van der Waals surface area contributed by atoms with E-state index in [0.717, 1.165) is 0 Å². The normalized spacial score (nSPS) is 12.9. The standard InChI is InChI=1S/C13H20N4O4/c1-7(2)4-10(17-13(16)20)12(19)21-6-11(18)9(5-14)8(3)15/h7,10H,4,6,15H2,1-3H3,(H3,16,17,20)/b9-8-/t10-/m1/s1. The molecule has 0 fully saturated rings. The molecule has 0 bridgehead atoms. The van der Waals surface area contributed by atoms with Crippen molar-refractivity contribution in [3.8, 4) is 6.07 Å². The first-order chi connectivity index (χ1) is 9.68. The zero-order valence-corrected chi connectivity index (χ0v) is 12.3. The van der Waals surface area contributed by atoms with Crippen LogP contribution in [0.1, 0.15) is 27.2 Å². The first-order valence-electron chi connectivity index (χ1n) is 6.31. The monoisotopic (exact) mass is 296 g/mol. The minimum absolute atomic E-state index is 0.0486. The van der Waals surface area contributed by atoms with Gasteiger partial charge in [-0.25, -0.2) is 9.59 Å². The lowest BCUT2D eigenvalue weighted by molar-refractivity contribution is -0.149. The van der Waals surface area contributed by atoms with Crippen LogP contribution in [-0.4, -0.2) is 30.4 Å². The number of nitriles is 1. The largest absolute Gasteiger partial charge is 0.456 e. The number of nitrogens with one attached hydrogen (secondary N) is 1. The van der Waals surface area contributed by atoms with Crippen LogP contribution >= 0.6 is 0 Å². The molecule has 8 nitrogen and oxygen atoms in total. The summed E-state index contributed by atoms with van der Waals surface area (Å²) in [5, 5.41) is 11.0. The number of allylic oxidation sites excluding steroid dienone is 1. The highest BCUT2D eigenvalue weighted by atomic mass is 16.5. The molecule has 0 aliphatic carbocycles. The van der Waals surface area contributed by atoms with Crippen molar-refractivity contribution < 1.29 is 19.1 Å². The van der Waals surface area contributed by atoms with Crippen molar-refractivity contribution in [3.63, 3.8) is 0 Å². The molecule has 0 saturated heterocycles. The summed E-state index contributed by atoms with van der Waals surface area (Å²) < 4.78 is 4.80. The number of hydrogen-bond donors (Lipinski definition) is 3. The fraction of sp³-hybridized carbons (Fsp3) is 0.538. The molecule has 0 heterocycles. The van der Waals surface area contributed by atoms with E-state index in [-0.39, 0.29) is 17.2 Å². The van der Waals surface area contributed by atoms with Gasteiger partial charge >= 0.3 is 12.0 Å². The lowest BCUT2D eigenvalue weighted by Gasteiger charge is -2.17. The number of carbonyl (C=O) groups is 3. The lowest BCUT2D eigenvalue weighted by Crippen LogP contribution is -2.45. The van der Waals surface area contributed by atoms with Gasteiger partial charge in [0.15, 0.2) is 6.61 Å². The smallest absolute Gasteiger partial charge is 0.329 e. The van der Waals surface area contributed by atoms with Gasteiger partial charge in [0.25, 0.3) is 0 Å². The van der Waals surface area contributed by atoms with Crippen LogP contribution in [-0.2, 0) is 14.3 Å². The van der Waals surface area contributed by atoms with Crippen molar-refractivity contribution >= 4 is 17.8 Å². The van der Waals surface area contributed by atoms with Crippen molar-refractivity contribution in [1.82, 2.24) is 5.32 Å². The Balaban J connectivity index is 4.71. The second-order valence-electron chi connectivity index (χ2n) is 4.89. The quantitative estimate of drug-likeness (QED) is 0.340. The van der Waals surface area contributed by atoms with Gasteiger partial charge in [0, 0.05) is 5.70 Å². The lowest BCUT2D eigenvalue weighted by atomic mass is 10.0. The van der Waals surface area contributed by atoms with Crippen LogP contribution in [0.3, 0.4) is 0 Å². The molecule has 5 N–H and O–H groups in total. The molecular weight excluding hydrogens is 276 g/mol. The predicted octanol–water partition coefficient (Wildman–Crippen LogP) is -0.0620. The van der Waals surface area contributed by atoms with E-state index in [1.165, 1.54) is 6.92 Å². The van der Waals surface area contributed by atoms with Crippen LogP contribution in [0.25, 0.3) is 0 Å². The zero-order chi connectivity index (χ0) is 16.6. The zero-order valence-electron chi connectivity index (χ0n) is 12.3. The first-order valence-corrected chi connectivity index (χ1v) is 6.31. The highest BCUT2D eigenvalue weighted by Gasteiger charge is 2.24. The number of carbonyl (C=O) groups excluding carboxylic acids is 3. The molecule has 2 amide bonds. The van der Waals surface area contributed by atoms with Crippen LogP contribution in [0.15, 0.2) is 11.3 Å². The third-order valence-corrected chi connectivity index (χ3v) is 2.44. The fourth-order valence-electron chi connectivity index (χ4n) is 1.54.